The number of carbonyl (C=O) groups excluding carboxylic acids is 1. The van der Waals surface area contributed by atoms with E-state index in [9.17, 15) is 14.9 Å². The zero-order chi connectivity index (χ0) is 21.1. The highest BCUT2D eigenvalue weighted by atomic mass is 16.6. The van der Waals surface area contributed by atoms with Crippen LogP contribution >= 0.6 is 0 Å². The maximum atomic E-state index is 12.9. The summed E-state index contributed by atoms with van der Waals surface area (Å²) in [6.45, 7) is 6.30. The average molecular weight is 399 g/mol. The predicted molar refractivity (Wildman–Crippen MR) is 111 cm³/mol. The van der Waals surface area contributed by atoms with Crippen molar-refractivity contribution in [2.45, 2.75) is 51.7 Å². The third-order valence-corrected chi connectivity index (χ3v) is 7.83. The van der Waals surface area contributed by atoms with Crippen LogP contribution in [0.1, 0.15) is 45.1 Å². The SMILES string of the molecule is CN(C)c1ccc([C@@H](C[N+](=O)[O-])[C@@H]2N=C3[C@H](OC2=O)[C@H]2CC[C@]3(C)C2(C)C)cc1. The molecular formula is C22H29N3O4. The van der Waals surface area contributed by atoms with Gasteiger partial charge in [0, 0.05) is 36.0 Å². The monoisotopic (exact) mass is 399 g/mol. The fourth-order valence-corrected chi connectivity index (χ4v) is 5.60. The zero-order valence-electron chi connectivity index (χ0n) is 17.7. The lowest BCUT2D eigenvalue weighted by Crippen LogP contribution is -2.47. The molecule has 156 valence electrons. The van der Waals surface area contributed by atoms with Crippen LogP contribution in [0.25, 0.3) is 0 Å². The molecule has 0 amide bonds. The quantitative estimate of drug-likeness (QED) is 0.431. The molecule has 5 atom stereocenters. The van der Waals surface area contributed by atoms with Crippen LogP contribution in [-0.4, -0.2) is 49.4 Å². The van der Waals surface area contributed by atoms with E-state index in [1.165, 1.54) is 0 Å². The van der Waals surface area contributed by atoms with Crippen molar-refractivity contribution in [1.29, 1.82) is 0 Å². The van der Waals surface area contributed by atoms with Crippen molar-refractivity contribution in [1.82, 2.24) is 0 Å². The second kappa shape index (κ2) is 6.54. The third kappa shape index (κ3) is 2.85. The summed E-state index contributed by atoms with van der Waals surface area (Å²) in [5.74, 6) is -0.813. The van der Waals surface area contributed by atoms with E-state index in [2.05, 4.69) is 20.8 Å². The fourth-order valence-electron chi connectivity index (χ4n) is 5.60. The highest BCUT2D eigenvalue weighted by Gasteiger charge is 2.67. The Labute approximate surface area is 171 Å². The molecule has 29 heavy (non-hydrogen) atoms. The van der Waals surface area contributed by atoms with E-state index in [1.807, 2.05) is 43.3 Å². The van der Waals surface area contributed by atoms with Crippen LogP contribution in [0.3, 0.4) is 0 Å². The summed E-state index contributed by atoms with van der Waals surface area (Å²) in [4.78, 5) is 30.9. The number of hydrogen-bond donors (Lipinski definition) is 0. The molecule has 0 unspecified atom stereocenters. The summed E-state index contributed by atoms with van der Waals surface area (Å²) in [6.07, 6.45) is 1.76. The van der Waals surface area contributed by atoms with Gasteiger partial charge in [-0.15, -0.1) is 0 Å². The van der Waals surface area contributed by atoms with Crippen molar-refractivity contribution in [2.75, 3.05) is 25.5 Å². The Morgan fingerprint density at radius 1 is 1.28 bits per heavy atom. The molecule has 1 aromatic carbocycles. The normalized spacial score (nSPS) is 32.9. The van der Waals surface area contributed by atoms with Crippen LogP contribution in [0.2, 0.25) is 0 Å². The van der Waals surface area contributed by atoms with Gasteiger partial charge in [-0.25, -0.2) is 4.79 Å². The molecule has 0 saturated heterocycles. The highest BCUT2D eigenvalue weighted by molar-refractivity contribution is 6.03. The number of nitrogens with zero attached hydrogens (tertiary/aromatic N) is 3. The molecule has 7 nitrogen and oxygen atoms in total. The van der Waals surface area contributed by atoms with Gasteiger partial charge in [-0.2, -0.15) is 0 Å². The molecule has 2 fully saturated rings. The van der Waals surface area contributed by atoms with Crippen LogP contribution in [0.4, 0.5) is 5.69 Å². The minimum Gasteiger partial charge on any atom is -0.454 e. The van der Waals surface area contributed by atoms with E-state index in [0.717, 1.165) is 29.8 Å². The standard InChI is InChI=1S/C22H29N3O4/c1-21(2)16-10-11-22(21,3)19-18(16)29-20(26)17(23-19)15(12-25(27)28)13-6-8-14(9-7-13)24(4)5/h6-9,15-18H,10-12H2,1-5H3/t15-,16-,17+,18-,22+/m1/s1. The predicted octanol–water partition coefficient (Wildman–Crippen LogP) is 3.30. The maximum absolute atomic E-state index is 12.9. The number of nitro groups is 1. The van der Waals surface area contributed by atoms with Crippen LogP contribution in [0.5, 0.6) is 0 Å². The number of anilines is 1. The number of hydrogen-bond acceptors (Lipinski definition) is 6. The lowest BCUT2D eigenvalue weighted by molar-refractivity contribution is -0.483. The number of carbonyl (C=O) groups is 1. The first-order valence-corrected chi connectivity index (χ1v) is 10.2. The third-order valence-electron chi connectivity index (χ3n) is 7.83. The van der Waals surface area contributed by atoms with E-state index in [1.54, 1.807) is 0 Å². The maximum Gasteiger partial charge on any atom is 0.332 e. The Kier molecular flexibility index (Phi) is 4.48. The molecule has 2 bridgehead atoms. The van der Waals surface area contributed by atoms with Gasteiger partial charge in [-0.1, -0.05) is 32.9 Å². The second-order valence-electron chi connectivity index (χ2n) is 9.62. The molecule has 0 N–H and O–H groups in total. The Hall–Kier alpha value is -2.44. The van der Waals surface area contributed by atoms with Crippen molar-refractivity contribution < 1.29 is 14.5 Å². The number of fused-ring (bicyclic) bond motifs is 5. The molecule has 2 saturated carbocycles. The summed E-state index contributed by atoms with van der Waals surface area (Å²) in [5, 5.41) is 11.4. The van der Waals surface area contributed by atoms with E-state index in [0.29, 0.717) is 0 Å². The van der Waals surface area contributed by atoms with Gasteiger partial charge in [0.2, 0.25) is 6.54 Å². The van der Waals surface area contributed by atoms with Crippen LogP contribution < -0.4 is 4.90 Å². The second-order valence-corrected chi connectivity index (χ2v) is 9.62. The zero-order valence-corrected chi connectivity index (χ0v) is 17.7. The van der Waals surface area contributed by atoms with Crippen molar-refractivity contribution in [2.24, 2.45) is 21.7 Å². The van der Waals surface area contributed by atoms with Crippen molar-refractivity contribution >= 4 is 17.4 Å². The van der Waals surface area contributed by atoms with E-state index < -0.39 is 17.9 Å². The molecule has 1 aliphatic heterocycles. The summed E-state index contributed by atoms with van der Waals surface area (Å²) < 4.78 is 5.90. The number of aliphatic imine (C=N–C) groups is 1. The van der Waals surface area contributed by atoms with Gasteiger partial charge < -0.3 is 9.64 Å². The van der Waals surface area contributed by atoms with Gasteiger partial charge in [-0.05, 0) is 36.0 Å². The summed E-state index contributed by atoms with van der Waals surface area (Å²) in [5.41, 5.74) is 2.53. The van der Waals surface area contributed by atoms with E-state index in [-0.39, 0.29) is 34.3 Å². The summed E-state index contributed by atoms with van der Waals surface area (Å²) >= 11 is 0. The van der Waals surface area contributed by atoms with E-state index >= 15 is 0 Å². The van der Waals surface area contributed by atoms with Gasteiger partial charge in [0.1, 0.15) is 6.10 Å². The lowest BCUT2D eigenvalue weighted by atomic mass is 9.70. The summed E-state index contributed by atoms with van der Waals surface area (Å²) in [7, 11) is 3.87. The number of rotatable bonds is 5. The van der Waals surface area contributed by atoms with Crippen molar-refractivity contribution in [3.05, 3.63) is 39.9 Å². The van der Waals surface area contributed by atoms with Gasteiger partial charge in [0.05, 0.1) is 11.6 Å². The van der Waals surface area contributed by atoms with Gasteiger partial charge in [0.15, 0.2) is 6.04 Å². The number of esters is 1. The average Bonchev–Trinajstić information content (AvgIpc) is 2.97. The molecule has 1 heterocycles. The first kappa shape index (κ1) is 19.9. The first-order valence-electron chi connectivity index (χ1n) is 10.2. The Balaban J connectivity index is 1.74. The minimum absolute atomic E-state index is 0.00235. The molecule has 2 aliphatic carbocycles. The molecule has 0 radical (unpaired) electrons. The van der Waals surface area contributed by atoms with Crippen molar-refractivity contribution in [3.8, 4) is 0 Å². The fraction of sp³-hybridized carbons (Fsp3) is 0.636. The number of benzene rings is 1. The van der Waals surface area contributed by atoms with Crippen LogP contribution in [0.15, 0.2) is 29.3 Å². The van der Waals surface area contributed by atoms with Gasteiger partial charge in [0.25, 0.3) is 0 Å². The largest absolute Gasteiger partial charge is 0.454 e. The first-order chi connectivity index (χ1) is 13.6. The Bertz CT molecular complexity index is 877. The van der Waals surface area contributed by atoms with Crippen molar-refractivity contribution in [3.63, 3.8) is 0 Å². The number of ether oxygens (including phenoxy) is 1. The molecule has 7 heteroatoms. The lowest BCUT2D eigenvalue weighted by Gasteiger charge is -2.37. The Morgan fingerprint density at radius 3 is 2.52 bits per heavy atom. The highest BCUT2D eigenvalue weighted by Crippen LogP contribution is 2.65. The van der Waals surface area contributed by atoms with E-state index in [4.69, 9.17) is 9.73 Å². The summed E-state index contributed by atoms with van der Waals surface area (Å²) in [6, 6.07) is 6.66. The molecular weight excluding hydrogens is 370 g/mol. The minimum atomic E-state index is -0.871. The topological polar surface area (TPSA) is 85.0 Å². The molecule has 3 aliphatic rings. The van der Waals surface area contributed by atoms with Crippen LogP contribution in [0, 0.1) is 26.9 Å². The molecule has 4 rings (SSSR count). The Morgan fingerprint density at radius 2 is 1.93 bits per heavy atom. The molecule has 0 aromatic heterocycles. The molecule has 1 aromatic rings. The smallest absolute Gasteiger partial charge is 0.332 e. The van der Waals surface area contributed by atoms with Gasteiger partial charge in [-0.3, -0.25) is 15.1 Å². The van der Waals surface area contributed by atoms with Gasteiger partial charge >= 0.3 is 5.97 Å². The van der Waals surface area contributed by atoms with Crippen LogP contribution in [-0.2, 0) is 9.53 Å². The molecule has 0 spiro atoms.